The molecule has 0 bridgehead atoms. The molecule has 1 aromatic rings. The molecule has 0 spiro atoms. The van der Waals surface area contributed by atoms with Crippen molar-refractivity contribution in [2.45, 2.75) is 33.1 Å². The zero-order chi connectivity index (χ0) is 11.6. The van der Waals surface area contributed by atoms with E-state index in [1.807, 2.05) is 20.8 Å². The molecule has 1 atom stereocenters. The lowest BCUT2D eigenvalue weighted by molar-refractivity contribution is 0.388. The van der Waals surface area contributed by atoms with Gasteiger partial charge >= 0.3 is 0 Å². The van der Waals surface area contributed by atoms with Gasteiger partial charge in [0.1, 0.15) is 0 Å². The first kappa shape index (κ1) is 12.0. The SMILES string of the molecule is CC(C)CC(C)c1ccc(F)c(O)c1F. The number of hydrogen-bond donors (Lipinski definition) is 1. The first-order valence-corrected chi connectivity index (χ1v) is 5.10. The van der Waals surface area contributed by atoms with Gasteiger partial charge in [0, 0.05) is 0 Å². The first-order chi connectivity index (χ1) is 6.93. The monoisotopic (exact) mass is 214 g/mol. The number of phenols is 1. The van der Waals surface area contributed by atoms with Crippen LogP contribution in [0.3, 0.4) is 0 Å². The van der Waals surface area contributed by atoms with Gasteiger partial charge < -0.3 is 5.11 Å². The fourth-order valence-corrected chi connectivity index (χ4v) is 1.77. The normalized spacial score (nSPS) is 13.2. The second-order valence-corrected chi connectivity index (χ2v) is 4.33. The van der Waals surface area contributed by atoms with Crippen LogP contribution in [-0.4, -0.2) is 5.11 Å². The summed E-state index contributed by atoms with van der Waals surface area (Å²) in [5.74, 6) is -2.19. The van der Waals surface area contributed by atoms with E-state index >= 15 is 0 Å². The van der Waals surface area contributed by atoms with E-state index in [1.54, 1.807) is 0 Å². The third kappa shape index (κ3) is 2.67. The van der Waals surface area contributed by atoms with Crippen molar-refractivity contribution in [3.05, 3.63) is 29.3 Å². The lowest BCUT2D eigenvalue weighted by Crippen LogP contribution is -2.02. The zero-order valence-corrected chi connectivity index (χ0v) is 9.22. The van der Waals surface area contributed by atoms with Gasteiger partial charge in [-0.1, -0.05) is 26.8 Å². The maximum absolute atomic E-state index is 13.5. The Morgan fingerprint density at radius 1 is 1.20 bits per heavy atom. The number of aromatic hydroxyl groups is 1. The van der Waals surface area contributed by atoms with Crippen LogP contribution >= 0.6 is 0 Å². The lowest BCUT2D eigenvalue weighted by atomic mass is 9.91. The van der Waals surface area contributed by atoms with Crippen LogP contribution in [-0.2, 0) is 0 Å². The van der Waals surface area contributed by atoms with Crippen LogP contribution in [0.25, 0.3) is 0 Å². The quantitative estimate of drug-likeness (QED) is 0.810. The van der Waals surface area contributed by atoms with Crippen molar-refractivity contribution in [3.63, 3.8) is 0 Å². The van der Waals surface area contributed by atoms with Gasteiger partial charge in [-0.05, 0) is 29.9 Å². The average molecular weight is 214 g/mol. The van der Waals surface area contributed by atoms with Crippen molar-refractivity contribution < 1.29 is 13.9 Å². The molecule has 0 fully saturated rings. The number of hydrogen-bond acceptors (Lipinski definition) is 1. The Labute approximate surface area is 88.7 Å². The van der Waals surface area contributed by atoms with E-state index in [4.69, 9.17) is 5.11 Å². The topological polar surface area (TPSA) is 20.2 Å². The summed E-state index contributed by atoms with van der Waals surface area (Å²) in [7, 11) is 0. The van der Waals surface area contributed by atoms with Crippen LogP contribution in [0, 0.1) is 17.6 Å². The van der Waals surface area contributed by atoms with E-state index in [0.717, 1.165) is 12.5 Å². The number of phenolic OH excluding ortho intramolecular Hbond substituents is 1. The van der Waals surface area contributed by atoms with Crippen molar-refractivity contribution in [2.24, 2.45) is 5.92 Å². The van der Waals surface area contributed by atoms with Crippen molar-refractivity contribution in [1.29, 1.82) is 0 Å². The molecule has 0 amide bonds. The maximum Gasteiger partial charge on any atom is 0.188 e. The Kier molecular flexibility index (Phi) is 3.66. The van der Waals surface area contributed by atoms with E-state index in [9.17, 15) is 8.78 Å². The summed E-state index contributed by atoms with van der Waals surface area (Å²) in [6.45, 7) is 5.95. The molecule has 1 nitrogen and oxygen atoms in total. The average Bonchev–Trinajstić information content (AvgIpc) is 2.13. The van der Waals surface area contributed by atoms with Crippen LogP contribution in [0.5, 0.6) is 5.75 Å². The van der Waals surface area contributed by atoms with E-state index < -0.39 is 17.4 Å². The summed E-state index contributed by atoms with van der Waals surface area (Å²) in [5.41, 5.74) is 0.377. The molecule has 0 aliphatic heterocycles. The molecule has 0 saturated carbocycles. The van der Waals surface area contributed by atoms with Crippen molar-refractivity contribution in [2.75, 3.05) is 0 Å². The highest BCUT2D eigenvalue weighted by Gasteiger charge is 2.17. The smallest absolute Gasteiger partial charge is 0.188 e. The van der Waals surface area contributed by atoms with E-state index in [0.29, 0.717) is 11.5 Å². The molecule has 0 saturated heterocycles. The third-order valence-corrected chi connectivity index (χ3v) is 2.45. The summed E-state index contributed by atoms with van der Waals surface area (Å²) >= 11 is 0. The Bertz CT molecular complexity index is 348. The number of rotatable bonds is 3. The molecule has 0 radical (unpaired) electrons. The number of benzene rings is 1. The zero-order valence-electron chi connectivity index (χ0n) is 9.22. The summed E-state index contributed by atoms with van der Waals surface area (Å²) in [6, 6.07) is 2.50. The van der Waals surface area contributed by atoms with Crippen LogP contribution in [0.1, 0.15) is 38.7 Å². The second kappa shape index (κ2) is 4.60. The van der Waals surface area contributed by atoms with Crippen LogP contribution in [0.2, 0.25) is 0 Å². The number of halogens is 2. The molecule has 1 aromatic carbocycles. The molecular weight excluding hydrogens is 198 g/mol. The highest BCUT2D eigenvalue weighted by Crippen LogP contribution is 2.31. The molecule has 0 aliphatic rings. The van der Waals surface area contributed by atoms with Gasteiger partial charge in [-0.15, -0.1) is 0 Å². The van der Waals surface area contributed by atoms with Crippen LogP contribution < -0.4 is 0 Å². The summed E-state index contributed by atoms with van der Waals surface area (Å²) in [6.07, 6.45) is 0.808. The Hall–Kier alpha value is -1.12. The maximum atomic E-state index is 13.5. The minimum Gasteiger partial charge on any atom is -0.503 e. The van der Waals surface area contributed by atoms with Gasteiger partial charge in [0.05, 0.1) is 0 Å². The molecule has 0 aromatic heterocycles. The van der Waals surface area contributed by atoms with Gasteiger partial charge in [-0.25, -0.2) is 8.78 Å². The standard InChI is InChI=1S/C12H16F2O/c1-7(2)6-8(3)9-4-5-10(13)12(15)11(9)14/h4-5,7-8,15H,6H2,1-3H3. The summed E-state index contributed by atoms with van der Waals surface area (Å²) < 4.78 is 26.3. The van der Waals surface area contributed by atoms with Gasteiger partial charge in [0.15, 0.2) is 17.4 Å². The van der Waals surface area contributed by atoms with E-state index in [1.165, 1.54) is 6.07 Å². The molecule has 0 aliphatic carbocycles. The van der Waals surface area contributed by atoms with Gasteiger partial charge in [0.25, 0.3) is 0 Å². The summed E-state index contributed by atoms with van der Waals surface area (Å²) in [5, 5.41) is 9.12. The molecule has 3 heteroatoms. The van der Waals surface area contributed by atoms with Gasteiger partial charge in [-0.3, -0.25) is 0 Å². The predicted octanol–water partition coefficient (Wildman–Crippen LogP) is 3.82. The van der Waals surface area contributed by atoms with E-state index in [2.05, 4.69) is 0 Å². The molecule has 15 heavy (non-hydrogen) atoms. The van der Waals surface area contributed by atoms with Gasteiger partial charge in [0.2, 0.25) is 0 Å². The predicted molar refractivity (Wildman–Crippen MR) is 55.9 cm³/mol. The fourth-order valence-electron chi connectivity index (χ4n) is 1.77. The third-order valence-electron chi connectivity index (χ3n) is 2.45. The molecule has 1 unspecified atom stereocenters. The van der Waals surface area contributed by atoms with Crippen LogP contribution in [0.4, 0.5) is 8.78 Å². The lowest BCUT2D eigenvalue weighted by Gasteiger charge is -2.15. The van der Waals surface area contributed by atoms with Crippen LogP contribution in [0.15, 0.2) is 12.1 Å². The van der Waals surface area contributed by atoms with E-state index in [-0.39, 0.29) is 5.92 Å². The Morgan fingerprint density at radius 2 is 1.80 bits per heavy atom. The Balaban J connectivity index is 3.00. The van der Waals surface area contributed by atoms with Crippen molar-refractivity contribution >= 4 is 0 Å². The fraction of sp³-hybridized carbons (Fsp3) is 0.500. The largest absolute Gasteiger partial charge is 0.503 e. The second-order valence-electron chi connectivity index (χ2n) is 4.33. The molecule has 1 rings (SSSR count). The molecule has 0 heterocycles. The molecule has 1 N–H and O–H groups in total. The molecular formula is C12H16F2O. The highest BCUT2D eigenvalue weighted by molar-refractivity contribution is 5.33. The first-order valence-electron chi connectivity index (χ1n) is 5.10. The highest BCUT2D eigenvalue weighted by atomic mass is 19.1. The minimum absolute atomic E-state index is 0.0171. The van der Waals surface area contributed by atoms with Gasteiger partial charge in [-0.2, -0.15) is 0 Å². The Morgan fingerprint density at radius 3 is 2.33 bits per heavy atom. The minimum atomic E-state index is -0.909. The summed E-state index contributed by atoms with van der Waals surface area (Å²) in [4.78, 5) is 0. The van der Waals surface area contributed by atoms with Crippen molar-refractivity contribution in [3.8, 4) is 5.75 Å². The molecule has 84 valence electrons. The van der Waals surface area contributed by atoms with Crippen molar-refractivity contribution in [1.82, 2.24) is 0 Å².